The van der Waals surface area contributed by atoms with E-state index >= 15 is 0 Å². The lowest BCUT2D eigenvalue weighted by molar-refractivity contribution is -0.121. The molecule has 0 aliphatic heterocycles. The lowest BCUT2D eigenvalue weighted by Gasteiger charge is -2.06. The van der Waals surface area contributed by atoms with E-state index in [4.69, 9.17) is 0 Å². The van der Waals surface area contributed by atoms with Crippen LogP contribution in [0.15, 0.2) is 18.2 Å². The van der Waals surface area contributed by atoms with Gasteiger partial charge >= 0.3 is 0 Å². The van der Waals surface area contributed by atoms with E-state index in [1.165, 1.54) is 12.1 Å². The Hall–Kier alpha value is -2.24. The summed E-state index contributed by atoms with van der Waals surface area (Å²) >= 11 is 0. The molecule has 0 spiro atoms. The lowest BCUT2D eigenvalue weighted by atomic mass is 10.2. The van der Waals surface area contributed by atoms with E-state index in [0.717, 1.165) is 18.9 Å². The number of benzene rings is 1. The quantitative estimate of drug-likeness (QED) is 0.622. The van der Waals surface area contributed by atoms with Gasteiger partial charge in [-0.1, -0.05) is 0 Å². The number of carbonyl (C=O) groups excluding carboxylic acids is 2. The highest BCUT2D eigenvalue weighted by Crippen LogP contribution is 2.20. The van der Waals surface area contributed by atoms with Crippen LogP contribution in [0.1, 0.15) is 29.6 Å². The molecule has 1 aliphatic rings. The fraction of sp³-hybridized carbons (Fsp3) is 0.385. The maximum atomic E-state index is 11.7. The van der Waals surface area contributed by atoms with Crippen molar-refractivity contribution in [2.75, 3.05) is 6.54 Å². The third kappa shape index (κ3) is 4.17. The summed E-state index contributed by atoms with van der Waals surface area (Å²) in [5, 5.41) is 23.9. The first-order chi connectivity index (χ1) is 9.04. The number of amides is 2. The van der Waals surface area contributed by atoms with E-state index in [1.807, 2.05) is 0 Å². The minimum atomic E-state index is -0.439. The molecule has 1 aromatic rings. The van der Waals surface area contributed by atoms with Crippen molar-refractivity contribution in [1.82, 2.24) is 10.6 Å². The van der Waals surface area contributed by atoms with Crippen molar-refractivity contribution in [2.24, 2.45) is 0 Å². The monoisotopic (exact) mass is 264 g/mol. The molecule has 6 heteroatoms. The van der Waals surface area contributed by atoms with Gasteiger partial charge in [0.15, 0.2) is 0 Å². The summed E-state index contributed by atoms with van der Waals surface area (Å²) in [6.07, 6.45) is 2.27. The average Bonchev–Trinajstić information content (AvgIpc) is 3.11. The van der Waals surface area contributed by atoms with E-state index < -0.39 is 5.91 Å². The third-order valence-electron chi connectivity index (χ3n) is 2.74. The first kappa shape index (κ1) is 13.2. The number of phenols is 2. The van der Waals surface area contributed by atoms with Gasteiger partial charge in [0.2, 0.25) is 5.91 Å². The summed E-state index contributed by atoms with van der Waals surface area (Å²) in [6, 6.07) is 3.95. The van der Waals surface area contributed by atoms with Crippen LogP contribution in [0.3, 0.4) is 0 Å². The number of hydrogen-bond acceptors (Lipinski definition) is 4. The van der Waals surface area contributed by atoms with Gasteiger partial charge in [0.25, 0.3) is 5.91 Å². The molecule has 0 unspecified atom stereocenters. The molecular formula is C13H16N2O4. The van der Waals surface area contributed by atoms with Gasteiger partial charge in [-0.15, -0.1) is 0 Å². The van der Waals surface area contributed by atoms with Crippen molar-refractivity contribution < 1.29 is 19.8 Å². The minimum absolute atomic E-state index is 0.0819. The summed E-state index contributed by atoms with van der Waals surface area (Å²) in [7, 11) is 0. The Kier molecular flexibility index (Phi) is 3.89. The van der Waals surface area contributed by atoms with Crippen LogP contribution >= 0.6 is 0 Å². The van der Waals surface area contributed by atoms with Crippen LogP contribution in [0, 0.1) is 0 Å². The van der Waals surface area contributed by atoms with Crippen molar-refractivity contribution in [1.29, 1.82) is 0 Å². The highest BCUT2D eigenvalue weighted by Gasteiger charge is 2.22. The Morgan fingerprint density at radius 2 is 1.79 bits per heavy atom. The smallest absolute Gasteiger partial charge is 0.251 e. The lowest BCUT2D eigenvalue weighted by Crippen LogP contribution is -2.31. The predicted molar refractivity (Wildman–Crippen MR) is 67.9 cm³/mol. The van der Waals surface area contributed by atoms with E-state index in [1.54, 1.807) is 0 Å². The van der Waals surface area contributed by atoms with Crippen molar-refractivity contribution in [2.45, 2.75) is 25.3 Å². The normalized spacial score (nSPS) is 13.9. The van der Waals surface area contributed by atoms with Crippen LogP contribution in [0.2, 0.25) is 0 Å². The first-order valence-corrected chi connectivity index (χ1v) is 6.15. The SMILES string of the molecule is O=C(CCNC(=O)c1cc(O)cc(O)c1)NC1CC1. The maximum absolute atomic E-state index is 11.7. The number of rotatable bonds is 5. The van der Waals surface area contributed by atoms with Gasteiger partial charge in [0.05, 0.1) is 0 Å². The minimum Gasteiger partial charge on any atom is -0.508 e. The number of aromatic hydroxyl groups is 2. The van der Waals surface area contributed by atoms with E-state index in [-0.39, 0.29) is 35.9 Å². The molecule has 2 rings (SSSR count). The molecule has 0 heterocycles. The first-order valence-electron chi connectivity index (χ1n) is 6.15. The second kappa shape index (κ2) is 5.60. The highest BCUT2D eigenvalue weighted by atomic mass is 16.3. The van der Waals surface area contributed by atoms with E-state index in [0.29, 0.717) is 6.04 Å². The zero-order chi connectivity index (χ0) is 13.8. The molecule has 1 aromatic carbocycles. The third-order valence-corrected chi connectivity index (χ3v) is 2.74. The molecule has 0 bridgehead atoms. The zero-order valence-electron chi connectivity index (χ0n) is 10.3. The molecular weight excluding hydrogens is 248 g/mol. The molecule has 1 saturated carbocycles. The Bertz CT molecular complexity index is 477. The molecule has 1 aliphatic carbocycles. The zero-order valence-corrected chi connectivity index (χ0v) is 10.3. The van der Waals surface area contributed by atoms with Gasteiger partial charge in [-0.3, -0.25) is 9.59 Å². The van der Waals surface area contributed by atoms with Crippen molar-refractivity contribution in [3.63, 3.8) is 0 Å². The summed E-state index contributed by atoms with van der Waals surface area (Å²) in [5.41, 5.74) is 0.153. The Morgan fingerprint density at radius 1 is 1.16 bits per heavy atom. The topological polar surface area (TPSA) is 98.7 Å². The molecule has 0 atom stereocenters. The standard InChI is InChI=1S/C13H16N2O4/c16-10-5-8(6-11(17)7-10)13(19)14-4-3-12(18)15-9-1-2-9/h5-7,9,16-17H,1-4H2,(H,14,19)(H,15,18). The van der Waals surface area contributed by atoms with Crippen molar-refractivity contribution in [3.05, 3.63) is 23.8 Å². The number of hydrogen-bond donors (Lipinski definition) is 4. The van der Waals surface area contributed by atoms with Crippen LogP contribution in [-0.4, -0.2) is 34.6 Å². The molecule has 4 N–H and O–H groups in total. The molecule has 0 saturated heterocycles. The summed E-state index contributed by atoms with van der Waals surface area (Å²) in [4.78, 5) is 23.1. The fourth-order valence-electron chi connectivity index (χ4n) is 1.65. The van der Waals surface area contributed by atoms with Crippen LogP contribution in [-0.2, 0) is 4.79 Å². The molecule has 19 heavy (non-hydrogen) atoms. The molecule has 1 fully saturated rings. The summed E-state index contributed by atoms with van der Waals surface area (Å²) in [5.74, 6) is -0.889. The average molecular weight is 264 g/mol. The van der Waals surface area contributed by atoms with Gasteiger partial charge in [-0.25, -0.2) is 0 Å². The van der Waals surface area contributed by atoms with Crippen LogP contribution in [0.4, 0.5) is 0 Å². The largest absolute Gasteiger partial charge is 0.508 e. The molecule has 0 radical (unpaired) electrons. The van der Waals surface area contributed by atoms with E-state index in [2.05, 4.69) is 10.6 Å². The van der Waals surface area contributed by atoms with Gasteiger partial charge in [0, 0.05) is 30.6 Å². The molecule has 102 valence electrons. The summed E-state index contributed by atoms with van der Waals surface area (Å²) in [6.45, 7) is 0.216. The van der Waals surface area contributed by atoms with Crippen LogP contribution in [0.25, 0.3) is 0 Å². The Labute approximate surface area is 110 Å². The molecule has 6 nitrogen and oxygen atoms in total. The summed E-state index contributed by atoms with van der Waals surface area (Å²) < 4.78 is 0. The van der Waals surface area contributed by atoms with Crippen LogP contribution in [0.5, 0.6) is 11.5 Å². The van der Waals surface area contributed by atoms with Crippen molar-refractivity contribution >= 4 is 11.8 Å². The second-order valence-electron chi connectivity index (χ2n) is 4.59. The van der Waals surface area contributed by atoms with Gasteiger partial charge in [-0.05, 0) is 25.0 Å². The second-order valence-corrected chi connectivity index (χ2v) is 4.59. The fourth-order valence-corrected chi connectivity index (χ4v) is 1.65. The maximum Gasteiger partial charge on any atom is 0.251 e. The van der Waals surface area contributed by atoms with Gasteiger partial charge in [-0.2, -0.15) is 0 Å². The van der Waals surface area contributed by atoms with Gasteiger partial charge < -0.3 is 20.8 Å². The number of carbonyl (C=O) groups is 2. The molecule has 2 amide bonds. The predicted octanol–water partition coefficient (Wildman–Crippen LogP) is 0.496. The number of nitrogens with one attached hydrogen (secondary N) is 2. The Balaban J connectivity index is 1.78. The van der Waals surface area contributed by atoms with Crippen LogP contribution < -0.4 is 10.6 Å². The van der Waals surface area contributed by atoms with Gasteiger partial charge in [0.1, 0.15) is 11.5 Å². The molecule has 0 aromatic heterocycles. The van der Waals surface area contributed by atoms with Crippen molar-refractivity contribution in [3.8, 4) is 11.5 Å². The number of phenolic OH excluding ortho intramolecular Hbond substituents is 2. The Morgan fingerprint density at radius 3 is 2.37 bits per heavy atom. The van der Waals surface area contributed by atoms with E-state index in [9.17, 15) is 19.8 Å². The highest BCUT2D eigenvalue weighted by molar-refractivity contribution is 5.95.